The lowest BCUT2D eigenvalue weighted by Crippen LogP contribution is -2.41. The van der Waals surface area contributed by atoms with Crippen molar-refractivity contribution in [1.29, 1.82) is 0 Å². The second-order valence-electron chi connectivity index (χ2n) is 9.92. The Labute approximate surface area is 204 Å². The van der Waals surface area contributed by atoms with Crippen LogP contribution in [-0.2, 0) is 11.8 Å². The number of nitrogens with one attached hydrogen (secondary N) is 2. The molecule has 1 aliphatic heterocycles. The number of pyridine rings is 2. The van der Waals surface area contributed by atoms with Gasteiger partial charge in [-0.25, -0.2) is 9.78 Å². The van der Waals surface area contributed by atoms with Gasteiger partial charge in [-0.15, -0.1) is 0 Å². The number of aromatic nitrogens is 4. The minimum atomic E-state index is -0.114. The molecule has 6 rings (SSSR count). The molecule has 1 saturated carbocycles. The van der Waals surface area contributed by atoms with Gasteiger partial charge in [0.05, 0.1) is 28.3 Å². The topological polar surface area (TPSA) is 88.1 Å². The molecule has 0 amide bonds. The van der Waals surface area contributed by atoms with Crippen LogP contribution in [0.4, 0.5) is 5.82 Å². The van der Waals surface area contributed by atoms with E-state index < -0.39 is 0 Å². The van der Waals surface area contributed by atoms with Crippen molar-refractivity contribution in [1.82, 2.24) is 24.8 Å². The van der Waals surface area contributed by atoms with E-state index in [0.717, 1.165) is 83.3 Å². The average molecular weight is 473 g/mol. The number of ether oxygens (including phenoxy) is 1. The number of piperidine rings is 1. The first-order valence-corrected chi connectivity index (χ1v) is 12.5. The Hall–Kier alpha value is -3.23. The highest BCUT2D eigenvalue weighted by Crippen LogP contribution is 2.41. The number of hydrogen-bond acceptors (Lipinski definition) is 6. The van der Waals surface area contributed by atoms with Gasteiger partial charge in [0.2, 0.25) is 0 Å². The molecule has 35 heavy (non-hydrogen) atoms. The molecule has 0 bridgehead atoms. The van der Waals surface area contributed by atoms with Gasteiger partial charge in [0.25, 0.3) is 0 Å². The van der Waals surface area contributed by atoms with Crippen molar-refractivity contribution in [2.45, 2.75) is 43.7 Å². The van der Waals surface area contributed by atoms with Crippen molar-refractivity contribution >= 4 is 27.8 Å². The van der Waals surface area contributed by atoms with Crippen LogP contribution in [0.15, 0.2) is 41.3 Å². The maximum atomic E-state index is 12.6. The number of H-pyrrole nitrogens is 1. The summed E-state index contributed by atoms with van der Waals surface area (Å²) in [5, 5.41) is 4.34. The molecule has 2 fully saturated rings. The third kappa shape index (κ3) is 3.81. The third-order valence-electron chi connectivity index (χ3n) is 7.98. The number of aromatic amines is 1. The first-order valence-electron chi connectivity index (χ1n) is 12.5. The molecule has 182 valence electrons. The quantitative estimate of drug-likeness (QED) is 0.462. The Bertz CT molecular complexity index is 1430. The van der Waals surface area contributed by atoms with E-state index >= 15 is 0 Å². The van der Waals surface area contributed by atoms with Crippen molar-refractivity contribution in [3.05, 3.63) is 52.7 Å². The number of methoxy groups -OCH3 is 1. The fourth-order valence-corrected chi connectivity index (χ4v) is 5.62. The van der Waals surface area contributed by atoms with Crippen LogP contribution >= 0.6 is 0 Å². The van der Waals surface area contributed by atoms with Gasteiger partial charge in [0.15, 0.2) is 0 Å². The molecule has 8 nitrogen and oxygen atoms in total. The van der Waals surface area contributed by atoms with E-state index in [1.165, 1.54) is 0 Å². The molecule has 2 aliphatic rings. The Morgan fingerprint density at radius 2 is 1.89 bits per heavy atom. The van der Waals surface area contributed by atoms with E-state index in [4.69, 9.17) is 14.7 Å². The average Bonchev–Trinajstić information content (AvgIpc) is 3.18. The van der Waals surface area contributed by atoms with Gasteiger partial charge in [-0.1, -0.05) is 6.07 Å². The van der Waals surface area contributed by atoms with Crippen LogP contribution in [0, 0.1) is 0 Å². The van der Waals surface area contributed by atoms with E-state index in [2.05, 4.69) is 45.5 Å². The maximum absolute atomic E-state index is 12.6. The van der Waals surface area contributed by atoms with Crippen molar-refractivity contribution in [3.63, 3.8) is 0 Å². The number of nitrogens with zero attached hydrogens (tertiary/aromatic N) is 4. The second kappa shape index (κ2) is 8.77. The van der Waals surface area contributed by atoms with Crippen LogP contribution in [0.2, 0.25) is 0 Å². The van der Waals surface area contributed by atoms with Crippen LogP contribution in [-0.4, -0.2) is 58.9 Å². The fraction of sp³-hybridized carbons (Fsp3) is 0.444. The van der Waals surface area contributed by atoms with E-state index in [0.29, 0.717) is 12.0 Å². The summed E-state index contributed by atoms with van der Waals surface area (Å²) >= 11 is 0. The number of rotatable bonds is 5. The van der Waals surface area contributed by atoms with Crippen molar-refractivity contribution in [2.24, 2.45) is 7.05 Å². The monoisotopic (exact) mass is 472 g/mol. The van der Waals surface area contributed by atoms with Gasteiger partial charge in [-0.05, 0) is 62.6 Å². The molecule has 3 aromatic heterocycles. The van der Waals surface area contributed by atoms with Crippen LogP contribution in [0.1, 0.15) is 37.3 Å². The Balaban J connectivity index is 1.35. The van der Waals surface area contributed by atoms with Crippen LogP contribution in [0.3, 0.4) is 0 Å². The zero-order chi connectivity index (χ0) is 24.1. The van der Waals surface area contributed by atoms with E-state index in [1.54, 1.807) is 11.7 Å². The summed E-state index contributed by atoms with van der Waals surface area (Å²) in [4.78, 5) is 27.9. The van der Waals surface area contributed by atoms with Gasteiger partial charge in [-0.2, -0.15) is 0 Å². The van der Waals surface area contributed by atoms with E-state index in [1.807, 2.05) is 20.3 Å². The summed E-state index contributed by atoms with van der Waals surface area (Å²) in [6.07, 6.45) is 6.37. The molecular weight excluding hydrogens is 440 g/mol. The smallest absolute Gasteiger partial charge is 0.326 e. The molecule has 2 N–H and O–H groups in total. The SMILES string of the molecule is CNC1CCN(c2ccc(-c3ccc4nc(C5CC(OC)C5)c5c([nH]c(=O)n5C)c4c3)cn2)CC1. The predicted octanol–water partition coefficient (Wildman–Crippen LogP) is 3.56. The molecular formula is C27H32N6O2. The van der Waals surface area contributed by atoms with E-state index in [9.17, 15) is 4.79 Å². The fourth-order valence-electron chi connectivity index (χ4n) is 5.62. The molecule has 0 unspecified atom stereocenters. The number of imidazole rings is 1. The first kappa shape index (κ1) is 22.2. The molecule has 0 atom stereocenters. The van der Waals surface area contributed by atoms with Gasteiger partial charge in [-0.3, -0.25) is 9.55 Å². The Kier molecular flexibility index (Phi) is 5.57. The maximum Gasteiger partial charge on any atom is 0.326 e. The molecule has 0 spiro atoms. The summed E-state index contributed by atoms with van der Waals surface area (Å²) in [5.74, 6) is 1.34. The predicted molar refractivity (Wildman–Crippen MR) is 139 cm³/mol. The minimum Gasteiger partial charge on any atom is -0.381 e. The summed E-state index contributed by atoms with van der Waals surface area (Å²) in [6.45, 7) is 2.04. The molecule has 1 aliphatic carbocycles. The van der Waals surface area contributed by atoms with Gasteiger partial charge in [0, 0.05) is 56.4 Å². The zero-order valence-corrected chi connectivity index (χ0v) is 20.5. The second-order valence-corrected chi connectivity index (χ2v) is 9.92. The largest absolute Gasteiger partial charge is 0.381 e. The highest BCUT2D eigenvalue weighted by atomic mass is 16.5. The third-order valence-corrected chi connectivity index (χ3v) is 7.98. The van der Waals surface area contributed by atoms with Crippen LogP contribution < -0.4 is 15.9 Å². The van der Waals surface area contributed by atoms with Crippen LogP contribution in [0.25, 0.3) is 33.1 Å². The van der Waals surface area contributed by atoms with Crippen LogP contribution in [0.5, 0.6) is 0 Å². The molecule has 4 heterocycles. The lowest BCUT2D eigenvalue weighted by Gasteiger charge is -2.34. The highest BCUT2D eigenvalue weighted by molar-refractivity contribution is 6.04. The van der Waals surface area contributed by atoms with Crippen molar-refractivity contribution < 1.29 is 4.74 Å². The molecule has 4 aromatic rings. The molecule has 0 radical (unpaired) electrons. The Morgan fingerprint density at radius 1 is 1.11 bits per heavy atom. The van der Waals surface area contributed by atoms with Gasteiger partial charge in [0.1, 0.15) is 5.82 Å². The lowest BCUT2D eigenvalue weighted by atomic mass is 9.79. The lowest BCUT2D eigenvalue weighted by molar-refractivity contribution is 0.0251. The first-order chi connectivity index (χ1) is 17.1. The number of fused-ring (bicyclic) bond motifs is 3. The van der Waals surface area contributed by atoms with Gasteiger partial charge < -0.3 is 19.9 Å². The summed E-state index contributed by atoms with van der Waals surface area (Å²) in [6, 6.07) is 11.1. The van der Waals surface area contributed by atoms with Crippen molar-refractivity contribution in [3.8, 4) is 11.1 Å². The van der Waals surface area contributed by atoms with E-state index in [-0.39, 0.29) is 11.8 Å². The molecule has 1 saturated heterocycles. The number of anilines is 1. The highest BCUT2D eigenvalue weighted by Gasteiger charge is 2.34. The van der Waals surface area contributed by atoms with Crippen molar-refractivity contribution in [2.75, 3.05) is 32.1 Å². The molecule has 8 heteroatoms. The minimum absolute atomic E-state index is 0.114. The zero-order valence-electron chi connectivity index (χ0n) is 20.5. The Morgan fingerprint density at radius 3 is 2.57 bits per heavy atom. The summed E-state index contributed by atoms with van der Waals surface area (Å²) < 4.78 is 7.17. The number of hydrogen-bond donors (Lipinski definition) is 2. The summed E-state index contributed by atoms with van der Waals surface area (Å²) in [7, 11) is 5.61. The normalized spacial score (nSPS) is 21.1. The standard InChI is InChI=1S/C27H32N6O2/c1-28-19-8-10-33(11-9-19)23-7-5-17(15-29-23)16-4-6-22-21(14-16)25-26(32(2)27(34)31-25)24(30-22)18-12-20(13-18)35-3/h4-7,14-15,18-20,28H,8-13H2,1-3H3,(H,31,34). The summed E-state index contributed by atoms with van der Waals surface area (Å²) in [5.41, 5.74) is 5.65. The molecule has 1 aromatic carbocycles. The van der Waals surface area contributed by atoms with Gasteiger partial charge >= 0.3 is 5.69 Å². The number of aryl methyl sites for hydroxylation is 1. The number of benzene rings is 1.